The van der Waals surface area contributed by atoms with Gasteiger partial charge < -0.3 is 9.47 Å². The summed E-state index contributed by atoms with van der Waals surface area (Å²) in [6, 6.07) is 5.96. The second-order valence-corrected chi connectivity index (χ2v) is 6.32. The number of sulfonamides is 1. The van der Waals surface area contributed by atoms with E-state index in [1.807, 2.05) is 6.07 Å². The molecule has 108 valence electrons. The molecule has 1 saturated heterocycles. The molecule has 1 N–H and O–H groups in total. The summed E-state index contributed by atoms with van der Waals surface area (Å²) < 4.78 is 37.3. The van der Waals surface area contributed by atoms with Crippen molar-refractivity contribution >= 4 is 21.6 Å². The molecule has 20 heavy (non-hydrogen) atoms. The Morgan fingerprint density at radius 1 is 1.45 bits per heavy atom. The van der Waals surface area contributed by atoms with E-state index < -0.39 is 10.0 Å². The number of rotatable bonds is 4. The van der Waals surface area contributed by atoms with Gasteiger partial charge in [0.2, 0.25) is 10.0 Å². The van der Waals surface area contributed by atoms with Gasteiger partial charge in [0.1, 0.15) is 4.90 Å². The number of hydrogen-bond acceptors (Lipinski definition) is 5. The molecule has 0 saturated carbocycles. The van der Waals surface area contributed by atoms with Gasteiger partial charge >= 0.3 is 0 Å². The van der Waals surface area contributed by atoms with E-state index in [4.69, 9.17) is 26.3 Å². The van der Waals surface area contributed by atoms with E-state index in [0.717, 1.165) is 0 Å². The van der Waals surface area contributed by atoms with Crippen molar-refractivity contribution in [3.05, 3.63) is 28.8 Å². The Morgan fingerprint density at radius 3 is 2.90 bits per heavy atom. The maximum atomic E-state index is 12.2. The first-order valence-electron chi connectivity index (χ1n) is 5.91. The molecule has 1 aliphatic heterocycles. The average molecular weight is 317 g/mol. The van der Waals surface area contributed by atoms with E-state index in [0.29, 0.717) is 19.8 Å². The maximum Gasteiger partial charge on any atom is 0.242 e. The molecular weight excluding hydrogens is 304 g/mol. The Kier molecular flexibility index (Phi) is 4.96. The minimum absolute atomic E-state index is 0.0670. The summed E-state index contributed by atoms with van der Waals surface area (Å²) in [6.07, 6.45) is -0.323. The van der Waals surface area contributed by atoms with E-state index in [1.54, 1.807) is 0 Å². The molecule has 0 aromatic heterocycles. The molecule has 6 nitrogen and oxygen atoms in total. The zero-order chi connectivity index (χ0) is 14.6. The number of nitrogens with zero attached hydrogens (tertiary/aromatic N) is 1. The van der Waals surface area contributed by atoms with Gasteiger partial charge in [-0.15, -0.1) is 0 Å². The first-order valence-corrected chi connectivity index (χ1v) is 7.78. The van der Waals surface area contributed by atoms with E-state index in [1.165, 1.54) is 18.2 Å². The van der Waals surface area contributed by atoms with Crippen LogP contribution in [-0.2, 0) is 19.5 Å². The smallest absolute Gasteiger partial charge is 0.242 e. The van der Waals surface area contributed by atoms with Crippen LogP contribution in [0.4, 0.5) is 0 Å². The second-order valence-electron chi connectivity index (χ2n) is 4.18. The molecule has 1 unspecified atom stereocenters. The van der Waals surface area contributed by atoms with E-state index >= 15 is 0 Å². The van der Waals surface area contributed by atoms with Crippen molar-refractivity contribution in [1.82, 2.24) is 4.72 Å². The number of nitrogens with one attached hydrogen (secondary N) is 1. The monoisotopic (exact) mass is 316 g/mol. The third-order valence-corrected chi connectivity index (χ3v) is 4.64. The van der Waals surface area contributed by atoms with Crippen LogP contribution in [0.25, 0.3) is 0 Å². The van der Waals surface area contributed by atoms with Crippen molar-refractivity contribution < 1.29 is 17.9 Å². The van der Waals surface area contributed by atoms with E-state index in [9.17, 15) is 8.42 Å². The van der Waals surface area contributed by atoms with Gasteiger partial charge in [0, 0.05) is 6.54 Å². The van der Waals surface area contributed by atoms with Crippen molar-refractivity contribution in [2.75, 3.05) is 26.4 Å². The Balaban J connectivity index is 2.11. The third-order valence-electron chi connectivity index (χ3n) is 2.74. The van der Waals surface area contributed by atoms with Crippen molar-refractivity contribution in [2.24, 2.45) is 0 Å². The molecule has 1 fully saturated rings. The fourth-order valence-electron chi connectivity index (χ4n) is 1.71. The number of nitriles is 1. The lowest BCUT2D eigenvalue weighted by Crippen LogP contribution is -2.39. The Labute approximate surface area is 122 Å². The normalized spacial score (nSPS) is 19.5. The molecule has 1 aromatic rings. The van der Waals surface area contributed by atoms with Crippen LogP contribution in [0.15, 0.2) is 23.1 Å². The Hall–Kier alpha value is -1.17. The molecule has 0 bridgehead atoms. The molecule has 2 rings (SSSR count). The fraction of sp³-hybridized carbons (Fsp3) is 0.417. The summed E-state index contributed by atoms with van der Waals surface area (Å²) in [6.45, 7) is 1.39. The van der Waals surface area contributed by atoms with E-state index in [-0.39, 0.29) is 28.1 Å². The largest absolute Gasteiger partial charge is 0.376 e. The topological polar surface area (TPSA) is 88.4 Å². The fourth-order valence-corrected chi connectivity index (χ4v) is 3.30. The minimum atomic E-state index is -3.79. The van der Waals surface area contributed by atoms with Gasteiger partial charge in [-0.3, -0.25) is 0 Å². The zero-order valence-electron chi connectivity index (χ0n) is 10.5. The van der Waals surface area contributed by atoms with Gasteiger partial charge in [-0.2, -0.15) is 5.26 Å². The van der Waals surface area contributed by atoms with Crippen LogP contribution in [0.5, 0.6) is 0 Å². The number of ether oxygens (including phenoxy) is 2. The second kappa shape index (κ2) is 6.52. The van der Waals surface area contributed by atoms with Gasteiger partial charge in [-0.25, -0.2) is 13.1 Å². The highest BCUT2D eigenvalue weighted by molar-refractivity contribution is 7.89. The van der Waals surface area contributed by atoms with Gasteiger partial charge in [0.15, 0.2) is 0 Å². The highest BCUT2D eigenvalue weighted by Crippen LogP contribution is 2.22. The SMILES string of the molecule is N#Cc1ccc(Cl)c(S(=O)(=O)NCC2COCCO2)c1. The third kappa shape index (κ3) is 3.69. The molecule has 1 aromatic carbocycles. The van der Waals surface area contributed by atoms with Gasteiger partial charge in [0.05, 0.1) is 42.6 Å². The van der Waals surface area contributed by atoms with Crippen LogP contribution in [0, 0.1) is 11.3 Å². The Morgan fingerprint density at radius 2 is 2.25 bits per heavy atom. The van der Waals surface area contributed by atoms with Crippen LogP contribution < -0.4 is 4.72 Å². The first-order chi connectivity index (χ1) is 9.53. The molecule has 0 amide bonds. The zero-order valence-corrected chi connectivity index (χ0v) is 12.1. The standard InChI is InChI=1S/C12H13ClN2O4S/c13-11-2-1-9(6-14)5-12(11)20(16,17)15-7-10-8-18-3-4-19-10/h1-2,5,10,15H,3-4,7-8H2. The van der Waals surface area contributed by atoms with Crippen molar-refractivity contribution in [3.8, 4) is 6.07 Å². The molecule has 1 aliphatic rings. The quantitative estimate of drug-likeness (QED) is 0.891. The number of benzene rings is 1. The molecule has 0 spiro atoms. The highest BCUT2D eigenvalue weighted by Gasteiger charge is 2.22. The van der Waals surface area contributed by atoms with Crippen molar-refractivity contribution in [3.63, 3.8) is 0 Å². The van der Waals surface area contributed by atoms with Crippen molar-refractivity contribution in [2.45, 2.75) is 11.0 Å². The lowest BCUT2D eigenvalue weighted by atomic mass is 10.2. The molecule has 0 radical (unpaired) electrons. The van der Waals surface area contributed by atoms with Crippen LogP contribution in [0.1, 0.15) is 5.56 Å². The summed E-state index contributed by atoms with van der Waals surface area (Å²) in [7, 11) is -3.79. The summed E-state index contributed by atoms with van der Waals surface area (Å²) in [4.78, 5) is -0.116. The van der Waals surface area contributed by atoms with Crippen LogP contribution in [-0.4, -0.2) is 40.9 Å². The van der Waals surface area contributed by atoms with Crippen LogP contribution in [0.2, 0.25) is 5.02 Å². The Bertz CT molecular complexity index is 621. The van der Waals surface area contributed by atoms with Gasteiger partial charge in [0.25, 0.3) is 0 Å². The highest BCUT2D eigenvalue weighted by atomic mass is 35.5. The van der Waals surface area contributed by atoms with Gasteiger partial charge in [-0.1, -0.05) is 11.6 Å². The molecule has 1 heterocycles. The number of halogens is 1. The summed E-state index contributed by atoms with van der Waals surface area (Å²) in [5.74, 6) is 0. The van der Waals surface area contributed by atoms with Crippen LogP contribution >= 0.6 is 11.6 Å². The lowest BCUT2D eigenvalue weighted by molar-refractivity contribution is -0.0846. The lowest BCUT2D eigenvalue weighted by Gasteiger charge is -2.23. The average Bonchev–Trinajstić information content (AvgIpc) is 2.47. The summed E-state index contributed by atoms with van der Waals surface area (Å²) in [5, 5.41) is 8.87. The first kappa shape index (κ1) is 15.2. The van der Waals surface area contributed by atoms with Gasteiger partial charge in [-0.05, 0) is 18.2 Å². The molecule has 8 heteroatoms. The maximum absolute atomic E-state index is 12.2. The van der Waals surface area contributed by atoms with Crippen molar-refractivity contribution in [1.29, 1.82) is 5.26 Å². The summed E-state index contributed by atoms with van der Waals surface area (Å²) in [5.41, 5.74) is 0.229. The molecule has 1 atom stereocenters. The predicted molar refractivity (Wildman–Crippen MR) is 71.9 cm³/mol. The summed E-state index contributed by atoms with van der Waals surface area (Å²) >= 11 is 5.87. The molecule has 0 aliphatic carbocycles. The number of hydrogen-bond donors (Lipinski definition) is 1. The predicted octanol–water partition coefficient (Wildman–Crippen LogP) is 0.905. The van der Waals surface area contributed by atoms with Crippen LogP contribution in [0.3, 0.4) is 0 Å². The minimum Gasteiger partial charge on any atom is -0.376 e. The van der Waals surface area contributed by atoms with E-state index in [2.05, 4.69) is 4.72 Å². The molecular formula is C12H13ClN2O4S.